The first kappa shape index (κ1) is 11.8. The molecule has 0 radical (unpaired) electrons. The molecule has 1 atom stereocenters. The van der Waals surface area contributed by atoms with Crippen LogP contribution in [-0.4, -0.2) is 18.4 Å². The minimum atomic E-state index is 0.481. The molecule has 0 aliphatic carbocycles. The van der Waals surface area contributed by atoms with Gasteiger partial charge < -0.3 is 5.32 Å². The molecule has 82 valence electrons. The Balaban J connectivity index is 0.000000531. The van der Waals surface area contributed by atoms with Crippen molar-refractivity contribution in [2.75, 3.05) is 6.54 Å². The van der Waals surface area contributed by atoms with E-state index >= 15 is 0 Å². The van der Waals surface area contributed by atoms with Crippen LogP contribution in [0.15, 0.2) is 29.3 Å². The average molecular weight is 204 g/mol. The van der Waals surface area contributed by atoms with Gasteiger partial charge in [0, 0.05) is 11.6 Å². The summed E-state index contributed by atoms with van der Waals surface area (Å²) in [4.78, 5) is 4.45. The molecule has 2 rings (SSSR count). The monoisotopic (exact) mass is 204 g/mol. The molecular weight excluding hydrogens is 184 g/mol. The second kappa shape index (κ2) is 5.54. The van der Waals surface area contributed by atoms with Crippen LogP contribution in [-0.2, 0) is 0 Å². The van der Waals surface area contributed by atoms with Crippen molar-refractivity contribution in [2.45, 2.75) is 33.7 Å². The van der Waals surface area contributed by atoms with Gasteiger partial charge in [0.05, 0.1) is 6.54 Å². The Kier molecular flexibility index (Phi) is 4.35. The van der Waals surface area contributed by atoms with Gasteiger partial charge in [0.15, 0.2) is 0 Å². The van der Waals surface area contributed by atoms with E-state index in [9.17, 15) is 0 Å². The maximum absolute atomic E-state index is 4.45. The molecule has 0 aromatic heterocycles. The van der Waals surface area contributed by atoms with Crippen LogP contribution in [0.3, 0.4) is 0 Å². The third kappa shape index (κ3) is 2.82. The highest BCUT2D eigenvalue weighted by Crippen LogP contribution is 2.10. The van der Waals surface area contributed by atoms with Crippen LogP contribution in [0.4, 0.5) is 0 Å². The lowest BCUT2D eigenvalue weighted by molar-refractivity contribution is 0.726. The topological polar surface area (TPSA) is 24.4 Å². The summed E-state index contributed by atoms with van der Waals surface area (Å²) in [5.74, 6) is 1.05. The lowest BCUT2D eigenvalue weighted by Gasteiger charge is -2.07. The van der Waals surface area contributed by atoms with E-state index in [1.54, 1.807) is 0 Å². The molecule has 1 N–H and O–H groups in total. The summed E-state index contributed by atoms with van der Waals surface area (Å²) in [6.07, 6.45) is 0. The SMILES string of the molecule is CC.Cc1ccccc1C1=NCC(C)N1. The molecule has 1 aromatic carbocycles. The number of benzene rings is 1. The highest BCUT2D eigenvalue weighted by molar-refractivity contribution is 6.01. The summed E-state index contributed by atoms with van der Waals surface area (Å²) in [6.45, 7) is 9.15. The van der Waals surface area contributed by atoms with Gasteiger partial charge in [-0.05, 0) is 19.4 Å². The van der Waals surface area contributed by atoms with Crippen LogP contribution in [0.5, 0.6) is 0 Å². The molecule has 1 aliphatic rings. The van der Waals surface area contributed by atoms with Crippen LogP contribution in [0.25, 0.3) is 0 Å². The third-order valence-corrected chi connectivity index (χ3v) is 2.31. The first-order valence-corrected chi connectivity index (χ1v) is 5.64. The van der Waals surface area contributed by atoms with Crippen LogP contribution < -0.4 is 5.32 Å². The largest absolute Gasteiger partial charge is 0.366 e. The number of hydrogen-bond donors (Lipinski definition) is 1. The fourth-order valence-corrected chi connectivity index (χ4v) is 1.55. The molecule has 0 saturated carbocycles. The first-order chi connectivity index (χ1) is 7.27. The van der Waals surface area contributed by atoms with Gasteiger partial charge in [-0.15, -0.1) is 0 Å². The molecule has 0 saturated heterocycles. The van der Waals surface area contributed by atoms with Crippen molar-refractivity contribution in [3.05, 3.63) is 35.4 Å². The predicted octanol–water partition coefficient (Wildman–Crippen LogP) is 2.76. The van der Waals surface area contributed by atoms with E-state index in [0.717, 1.165) is 12.4 Å². The highest BCUT2D eigenvalue weighted by Gasteiger charge is 2.14. The van der Waals surface area contributed by atoms with Crippen molar-refractivity contribution >= 4 is 5.84 Å². The van der Waals surface area contributed by atoms with E-state index in [-0.39, 0.29) is 0 Å². The van der Waals surface area contributed by atoms with Gasteiger partial charge in [0.2, 0.25) is 0 Å². The first-order valence-electron chi connectivity index (χ1n) is 5.64. The lowest BCUT2D eigenvalue weighted by atomic mass is 10.1. The lowest BCUT2D eigenvalue weighted by Crippen LogP contribution is -2.28. The third-order valence-electron chi connectivity index (χ3n) is 2.31. The maximum Gasteiger partial charge on any atom is 0.128 e. The summed E-state index contributed by atoms with van der Waals surface area (Å²) >= 11 is 0. The number of aliphatic imine (C=N–C) groups is 1. The zero-order valence-corrected chi connectivity index (χ0v) is 10.0. The fourth-order valence-electron chi connectivity index (χ4n) is 1.55. The zero-order valence-electron chi connectivity index (χ0n) is 10.0. The van der Waals surface area contributed by atoms with Crippen LogP contribution in [0.2, 0.25) is 0 Å². The van der Waals surface area contributed by atoms with Crippen LogP contribution in [0, 0.1) is 6.92 Å². The molecule has 0 amide bonds. The van der Waals surface area contributed by atoms with Gasteiger partial charge >= 0.3 is 0 Å². The molecule has 2 nitrogen and oxygen atoms in total. The Morgan fingerprint density at radius 1 is 1.27 bits per heavy atom. The zero-order chi connectivity index (χ0) is 11.3. The summed E-state index contributed by atoms with van der Waals surface area (Å²) in [5, 5.41) is 3.36. The second-order valence-electron chi connectivity index (χ2n) is 3.55. The number of amidine groups is 1. The molecular formula is C13H20N2. The van der Waals surface area contributed by atoms with Crippen molar-refractivity contribution in [1.82, 2.24) is 5.32 Å². The Bertz CT molecular complexity index is 342. The Morgan fingerprint density at radius 3 is 2.47 bits per heavy atom. The molecule has 0 bridgehead atoms. The molecule has 1 heterocycles. The van der Waals surface area contributed by atoms with Crippen molar-refractivity contribution in [2.24, 2.45) is 4.99 Å². The quantitative estimate of drug-likeness (QED) is 0.747. The van der Waals surface area contributed by atoms with Gasteiger partial charge in [0.25, 0.3) is 0 Å². The number of nitrogens with one attached hydrogen (secondary N) is 1. The summed E-state index contributed by atoms with van der Waals surface area (Å²) in [6, 6.07) is 8.81. The summed E-state index contributed by atoms with van der Waals surface area (Å²) < 4.78 is 0. The van der Waals surface area contributed by atoms with Crippen molar-refractivity contribution < 1.29 is 0 Å². The molecule has 1 unspecified atom stereocenters. The van der Waals surface area contributed by atoms with E-state index in [1.807, 2.05) is 13.8 Å². The number of nitrogens with zero attached hydrogens (tertiary/aromatic N) is 1. The summed E-state index contributed by atoms with van der Waals surface area (Å²) in [5.41, 5.74) is 2.51. The van der Waals surface area contributed by atoms with Crippen molar-refractivity contribution in [3.8, 4) is 0 Å². The molecule has 1 aromatic rings. The maximum atomic E-state index is 4.45. The molecule has 1 aliphatic heterocycles. The number of rotatable bonds is 1. The minimum Gasteiger partial charge on any atom is -0.366 e. The average Bonchev–Trinajstić information content (AvgIpc) is 2.68. The van der Waals surface area contributed by atoms with Crippen molar-refractivity contribution in [1.29, 1.82) is 0 Å². The smallest absolute Gasteiger partial charge is 0.128 e. The Morgan fingerprint density at radius 2 is 1.93 bits per heavy atom. The van der Waals surface area contributed by atoms with Crippen molar-refractivity contribution in [3.63, 3.8) is 0 Å². The summed E-state index contributed by atoms with van der Waals surface area (Å²) in [7, 11) is 0. The minimum absolute atomic E-state index is 0.481. The van der Waals surface area contributed by atoms with E-state index in [0.29, 0.717) is 6.04 Å². The van der Waals surface area contributed by atoms with Gasteiger partial charge in [-0.25, -0.2) is 0 Å². The van der Waals surface area contributed by atoms with Crippen LogP contribution in [0.1, 0.15) is 31.9 Å². The van der Waals surface area contributed by atoms with E-state index in [4.69, 9.17) is 0 Å². The van der Waals surface area contributed by atoms with Crippen LogP contribution >= 0.6 is 0 Å². The Labute approximate surface area is 92.4 Å². The fraction of sp³-hybridized carbons (Fsp3) is 0.462. The molecule has 0 spiro atoms. The second-order valence-corrected chi connectivity index (χ2v) is 3.55. The normalized spacial score (nSPS) is 18.7. The standard InChI is InChI=1S/C11H14N2.C2H6/c1-8-5-3-4-6-10(8)11-12-7-9(2)13-11;1-2/h3-6,9H,7H2,1-2H3,(H,12,13);1-2H3. The van der Waals surface area contributed by atoms with Gasteiger partial charge in [0.1, 0.15) is 5.84 Å². The molecule has 2 heteroatoms. The predicted molar refractivity (Wildman–Crippen MR) is 66.5 cm³/mol. The van der Waals surface area contributed by atoms with Gasteiger partial charge in [-0.2, -0.15) is 0 Å². The number of hydrogen-bond acceptors (Lipinski definition) is 2. The number of aryl methyl sites for hydroxylation is 1. The molecule has 0 fully saturated rings. The van der Waals surface area contributed by atoms with E-state index in [2.05, 4.69) is 48.4 Å². The Hall–Kier alpha value is -1.31. The van der Waals surface area contributed by atoms with E-state index < -0.39 is 0 Å². The highest BCUT2D eigenvalue weighted by atomic mass is 15.1. The van der Waals surface area contributed by atoms with E-state index in [1.165, 1.54) is 11.1 Å². The van der Waals surface area contributed by atoms with Gasteiger partial charge in [-0.1, -0.05) is 38.1 Å². The molecule has 15 heavy (non-hydrogen) atoms. The van der Waals surface area contributed by atoms with Gasteiger partial charge in [-0.3, -0.25) is 4.99 Å².